The Morgan fingerprint density at radius 1 is 1.21 bits per heavy atom. The van der Waals surface area contributed by atoms with E-state index in [0.29, 0.717) is 11.6 Å². The molecular formula is C8H19B5O. The van der Waals surface area contributed by atoms with E-state index in [1.165, 1.54) is 0 Å². The van der Waals surface area contributed by atoms with Crippen molar-refractivity contribution in [3.63, 3.8) is 0 Å². The first-order valence-corrected chi connectivity index (χ1v) is 5.57. The highest BCUT2D eigenvalue weighted by Gasteiger charge is 2.52. The van der Waals surface area contributed by atoms with E-state index in [1.807, 2.05) is 0 Å². The van der Waals surface area contributed by atoms with Crippen LogP contribution in [0.3, 0.4) is 0 Å². The number of ketones is 1. The van der Waals surface area contributed by atoms with E-state index in [0.717, 1.165) is 6.42 Å². The van der Waals surface area contributed by atoms with Gasteiger partial charge in [-0.15, -0.1) is 0 Å². The van der Waals surface area contributed by atoms with Crippen LogP contribution in [0.5, 0.6) is 0 Å². The van der Waals surface area contributed by atoms with Gasteiger partial charge in [-0.1, -0.05) is 26.1 Å². The van der Waals surface area contributed by atoms with E-state index in [-0.39, 0.29) is 15.8 Å². The Hall–Kier alpha value is -0.00532. The first-order valence-electron chi connectivity index (χ1n) is 5.57. The third-order valence-corrected chi connectivity index (χ3v) is 4.35. The standard InChI is InChI=1S/C8H19B5O/c1-6(2)3-7(10,11)5(14)8(12,13)4(6)9/h4H,3,9-13H2,1-2H3. The van der Waals surface area contributed by atoms with Crippen LogP contribution in [0.15, 0.2) is 0 Å². The summed E-state index contributed by atoms with van der Waals surface area (Å²) in [5, 5.41) is -0.329. The highest BCUT2D eigenvalue weighted by atomic mass is 16.1. The molecule has 0 aromatic heterocycles. The summed E-state index contributed by atoms with van der Waals surface area (Å²) in [7, 11) is 10.6. The Bertz CT molecular complexity index is 271. The summed E-state index contributed by atoms with van der Waals surface area (Å²) in [5.74, 6) is 0.882. The lowest BCUT2D eigenvalue weighted by molar-refractivity contribution is -0.124. The molecule has 0 amide bonds. The molecule has 0 aromatic rings. The van der Waals surface area contributed by atoms with Crippen molar-refractivity contribution in [2.75, 3.05) is 0 Å². The Balaban J connectivity index is 3.17. The SMILES string of the molecule is BC1C(C)(C)CC(B)(B)C(=O)C1(B)B. The molecule has 72 valence electrons. The molecule has 1 atom stereocenters. The summed E-state index contributed by atoms with van der Waals surface area (Å²) in [6, 6.07) is 0. The number of carbonyl (C=O) groups excluding carboxylic acids is 1. The normalized spacial score (nSPS) is 33.9. The molecule has 1 aliphatic rings. The molecular weight excluding hydrogens is 166 g/mol. The molecule has 1 fully saturated rings. The average molecular weight is 185 g/mol. The van der Waals surface area contributed by atoms with Crippen molar-refractivity contribution < 1.29 is 4.79 Å². The summed E-state index contributed by atoms with van der Waals surface area (Å²) in [5.41, 5.74) is 0.265. The molecule has 0 spiro atoms. The molecule has 0 bridgehead atoms. The molecule has 1 nitrogen and oxygen atoms in total. The van der Waals surface area contributed by atoms with Gasteiger partial charge in [0.05, 0.1) is 0 Å². The number of Topliss-reactive ketones (excluding diaryl/α,β-unsaturated/α-hetero) is 1. The Morgan fingerprint density at radius 3 is 2.07 bits per heavy atom. The third-order valence-electron chi connectivity index (χ3n) is 4.35. The first-order chi connectivity index (χ1) is 6.02. The largest absolute Gasteiger partial charge is 0.302 e. The minimum absolute atomic E-state index is 0.153. The van der Waals surface area contributed by atoms with E-state index < -0.39 is 0 Å². The molecule has 0 saturated heterocycles. The quantitative estimate of drug-likeness (QED) is 0.372. The van der Waals surface area contributed by atoms with Crippen LogP contribution in [0.4, 0.5) is 0 Å². The molecule has 0 N–H and O–H groups in total. The maximum atomic E-state index is 12.3. The minimum Gasteiger partial charge on any atom is -0.302 e. The second-order valence-electron chi connectivity index (χ2n) is 6.82. The van der Waals surface area contributed by atoms with Gasteiger partial charge in [0.25, 0.3) is 0 Å². The van der Waals surface area contributed by atoms with Crippen molar-refractivity contribution in [3.05, 3.63) is 0 Å². The van der Waals surface area contributed by atoms with Gasteiger partial charge in [-0.2, -0.15) is 0 Å². The molecule has 0 heterocycles. The zero-order valence-electron chi connectivity index (χ0n) is 10.7. The lowest BCUT2D eigenvalue weighted by Crippen LogP contribution is -2.50. The van der Waals surface area contributed by atoms with Crippen LogP contribution in [-0.2, 0) is 4.79 Å². The van der Waals surface area contributed by atoms with E-state index in [4.69, 9.17) is 0 Å². The van der Waals surface area contributed by atoms with Crippen LogP contribution in [0, 0.1) is 5.41 Å². The summed E-state index contributed by atoms with van der Waals surface area (Å²) in [6.07, 6.45) is 1.00. The minimum atomic E-state index is -0.175. The van der Waals surface area contributed by atoms with Crippen LogP contribution in [0.1, 0.15) is 20.3 Å². The molecule has 14 heavy (non-hydrogen) atoms. The van der Waals surface area contributed by atoms with Crippen molar-refractivity contribution in [2.45, 2.75) is 36.5 Å². The van der Waals surface area contributed by atoms with E-state index >= 15 is 0 Å². The van der Waals surface area contributed by atoms with Gasteiger partial charge in [0, 0.05) is 0 Å². The second-order valence-corrected chi connectivity index (χ2v) is 6.82. The fourth-order valence-electron chi connectivity index (χ4n) is 3.42. The van der Waals surface area contributed by atoms with E-state index in [9.17, 15) is 4.79 Å². The smallest absolute Gasteiger partial charge is 0.113 e. The second kappa shape index (κ2) is 2.99. The van der Waals surface area contributed by atoms with E-state index in [1.54, 1.807) is 0 Å². The molecule has 1 unspecified atom stereocenters. The Labute approximate surface area is 92.2 Å². The van der Waals surface area contributed by atoms with Crippen molar-refractivity contribution in [1.82, 2.24) is 0 Å². The summed E-state index contributed by atoms with van der Waals surface area (Å²) >= 11 is 0. The summed E-state index contributed by atoms with van der Waals surface area (Å²) in [4.78, 5) is 12.3. The van der Waals surface area contributed by atoms with Gasteiger partial charge in [0.15, 0.2) is 0 Å². The number of rotatable bonds is 0. The maximum Gasteiger partial charge on any atom is 0.113 e. The van der Waals surface area contributed by atoms with Gasteiger partial charge in [-0.05, 0) is 15.8 Å². The van der Waals surface area contributed by atoms with Gasteiger partial charge < -0.3 is 4.79 Å². The molecule has 6 heteroatoms. The van der Waals surface area contributed by atoms with Crippen LogP contribution >= 0.6 is 0 Å². The van der Waals surface area contributed by atoms with Crippen molar-refractivity contribution in [2.24, 2.45) is 5.41 Å². The molecule has 0 radical (unpaired) electrons. The van der Waals surface area contributed by atoms with Gasteiger partial charge in [-0.3, -0.25) is 0 Å². The molecule has 1 saturated carbocycles. The number of hydrogen-bond acceptors (Lipinski definition) is 1. The highest BCUT2D eigenvalue weighted by Crippen LogP contribution is 2.59. The van der Waals surface area contributed by atoms with Gasteiger partial charge in [0.2, 0.25) is 0 Å². The van der Waals surface area contributed by atoms with Crippen LogP contribution in [0.25, 0.3) is 0 Å². The van der Waals surface area contributed by atoms with E-state index in [2.05, 4.69) is 53.1 Å². The van der Waals surface area contributed by atoms with Crippen LogP contribution in [0.2, 0.25) is 16.2 Å². The fraction of sp³-hybridized carbons (Fsp3) is 0.875. The van der Waals surface area contributed by atoms with Gasteiger partial charge >= 0.3 is 0 Å². The van der Waals surface area contributed by atoms with Crippen molar-refractivity contribution in [1.29, 1.82) is 0 Å². The Kier molecular flexibility index (Phi) is 2.58. The monoisotopic (exact) mass is 186 g/mol. The highest BCUT2D eigenvalue weighted by molar-refractivity contribution is 6.64. The number of carbonyl (C=O) groups is 1. The number of hydrogen-bond donors (Lipinski definition) is 0. The molecule has 1 rings (SSSR count). The van der Waals surface area contributed by atoms with Gasteiger partial charge in [0.1, 0.15) is 45.0 Å². The zero-order valence-corrected chi connectivity index (χ0v) is 10.7. The maximum absolute atomic E-state index is 12.3. The molecule has 0 aliphatic heterocycles. The van der Waals surface area contributed by atoms with Crippen molar-refractivity contribution in [3.8, 4) is 0 Å². The lowest BCUT2D eigenvalue weighted by Gasteiger charge is -2.53. The molecule has 0 aromatic carbocycles. The first kappa shape index (κ1) is 12.1. The zero-order chi connectivity index (χ0) is 11.4. The Morgan fingerprint density at radius 2 is 1.64 bits per heavy atom. The predicted molar refractivity (Wildman–Crippen MR) is 75.3 cm³/mol. The lowest BCUT2D eigenvalue weighted by atomic mass is 9.26. The van der Waals surface area contributed by atoms with Crippen molar-refractivity contribution >= 4 is 45.0 Å². The summed E-state index contributed by atoms with van der Waals surface area (Å²) < 4.78 is 0. The average Bonchev–Trinajstić information content (AvgIpc) is 1.97. The fourth-order valence-corrected chi connectivity index (χ4v) is 3.42. The third kappa shape index (κ3) is 1.61. The van der Waals surface area contributed by atoms with Gasteiger partial charge in [-0.25, -0.2) is 0 Å². The summed E-state index contributed by atoms with van der Waals surface area (Å²) in [6.45, 7) is 4.57. The van der Waals surface area contributed by atoms with Crippen LogP contribution < -0.4 is 0 Å². The topological polar surface area (TPSA) is 17.1 Å². The molecule has 1 aliphatic carbocycles. The van der Waals surface area contributed by atoms with Crippen LogP contribution in [-0.4, -0.2) is 45.0 Å². The predicted octanol–water partition coefficient (Wildman–Crippen LogP) is -2.83.